The van der Waals surface area contributed by atoms with Gasteiger partial charge in [-0.05, 0) is 31.0 Å². The van der Waals surface area contributed by atoms with Gasteiger partial charge in [0.2, 0.25) is 0 Å². The second-order valence-electron chi connectivity index (χ2n) is 4.12. The molecule has 1 aromatic rings. The maximum atomic E-state index is 10.7. The van der Waals surface area contributed by atoms with Gasteiger partial charge in [-0.25, -0.2) is 0 Å². The van der Waals surface area contributed by atoms with E-state index >= 15 is 0 Å². The summed E-state index contributed by atoms with van der Waals surface area (Å²) in [5.74, 6) is -0.975. The number of rotatable bonds is 4. The van der Waals surface area contributed by atoms with E-state index in [9.17, 15) is 4.79 Å². The third kappa shape index (κ3) is 2.97. The summed E-state index contributed by atoms with van der Waals surface area (Å²) in [6.07, 6.45) is 0. The van der Waals surface area contributed by atoms with Crippen molar-refractivity contribution < 1.29 is 9.90 Å². The predicted octanol–water partition coefficient (Wildman–Crippen LogP) is 1.15. The molecule has 1 aromatic carbocycles. The molecule has 1 atom stereocenters. The number of benzene rings is 1. The zero-order valence-corrected chi connectivity index (χ0v) is 9.90. The number of anilines is 1. The van der Waals surface area contributed by atoms with E-state index in [1.807, 2.05) is 44.0 Å². The molecule has 4 heteroatoms. The zero-order chi connectivity index (χ0) is 12.3. The van der Waals surface area contributed by atoms with Gasteiger partial charge in [0.15, 0.2) is 0 Å². The van der Waals surface area contributed by atoms with Gasteiger partial charge >= 0.3 is 5.97 Å². The summed E-state index contributed by atoms with van der Waals surface area (Å²) in [6.45, 7) is 4.31. The Bertz CT molecular complexity index is 391. The van der Waals surface area contributed by atoms with Crippen LogP contribution >= 0.6 is 0 Å². The highest BCUT2D eigenvalue weighted by Crippen LogP contribution is 2.20. The number of aryl methyl sites for hydroxylation is 2. The van der Waals surface area contributed by atoms with E-state index < -0.39 is 12.0 Å². The predicted molar refractivity (Wildman–Crippen MR) is 64.8 cm³/mol. The van der Waals surface area contributed by atoms with Crippen LogP contribution in [0.3, 0.4) is 0 Å². The largest absolute Gasteiger partial charge is 0.480 e. The maximum absolute atomic E-state index is 10.7. The fourth-order valence-electron chi connectivity index (χ4n) is 1.60. The van der Waals surface area contributed by atoms with E-state index in [2.05, 4.69) is 0 Å². The van der Waals surface area contributed by atoms with Gasteiger partial charge in [0.1, 0.15) is 6.04 Å². The number of hydrogen-bond donors (Lipinski definition) is 2. The van der Waals surface area contributed by atoms with E-state index in [1.165, 1.54) is 0 Å². The van der Waals surface area contributed by atoms with E-state index in [0.29, 0.717) is 6.54 Å². The quantitative estimate of drug-likeness (QED) is 0.802. The molecule has 0 spiro atoms. The van der Waals surface area contributed by atoms with E-state index in [1.54, 1.807) is 0 Å². The van der Waals surface area contributed by atoms with Crippen LogP contribution in [-0.2, 0) is 4.79 Å². The molecule has 1 unspecified atom stereocenters. The molecule has 0 amide bonds. The van der Waals surface area contributed by atoms with Crippen molar-refractivity contribution in [2.45, 2.75) is 19.9 Å². The van der Waals surface area contributed by atoms with Gasteiger partial charge in [0.25, 0.3) is 0 Å². The Hall–Kier alpha value is -1.55. The molecule has 0 bridgehead atoms. The molecule has 0 fully saturated rings. The Kier molecular flexibility index (Phi) is 3.90. The smallest absolute Gasteiger partial charge is 0.322 e. The second-order valence-corrected chi connectivity index (χ2v) is 4.12. The van der Waals surface area contributed by atoms with Crippen LogP contribution in [0.5, 0.6) is 0 Å². The molecule has 0 aliphatic rings. The van der Waals surface area contributed by atoms with Gasteiger partial charge in [-0.1, -0.05) is 12.1 Å². The Morgan fingerprint density at radius 3 is 2.69 bits per heavy atom. The summed E-state index contributed by atoms with van der Waals surface area (Å²) in [5.41, 5.74) is 8.79. The van der Waals surface area contributed by atoms with Crippen LogP contribution in [0.1, 0.15) is 11.1 Å². The highest BCUT2D eigenvalue weighted by molar-refractivity contribution is 5.74. The molecule has 0 saturated heterocycles. The molecule has 4 nitrogen and oxygen atoms in total. The Morgan fingerprint density at radius 2 is 2.12 bits per heavy atom. The van der Waals surface area contributed by atoms with Crippen LogP contribution in [-0.4, -0.2) is 30.7 Å². The van der Waals surface area contributed by atoms with Crippen molar-refractivity contribution in [3.8, 4) is 0 Å². The van der Waals surface area contributed by atoms with Crippen molar-refractivity contribution in [3.05, 3.63) is 29.3 Å². The van der Waals surface area contributed by atoms with Gasteiger partial charge in [-0.2, -0.15) is 0 Å². The monoisotopic (exact) mass is 222 g/mol. The number of carboxylic acid groups (broad SMARTS) is 1. The molecule has 0 heterocycles. The SMILES string of the molecule is Cc1ccc(C)c(N(C)CC(N)C(=O)O)c1. The van der Waals surface area contributed by atoms with Crippen LogP contribution < -0.4 is 10.6 Å². The molecule has 3 N–H and O–H groups in total. The molecular formula is C12H18N2O2. The molecule has 0 radical (unpaired) electrons. The summed E-state index contributed by atoms with van der Waals surface area (Å²) in [7, 11) is 1.85. The van der Waals surface area contributed by atoms with Crippen LogP contribution in [0.15, 0.2) is 18.2 Å². The van der Waals surface area contributed by atoms with Crippen LogP contribution in [0.2, 0.25) is 0 Å². The van der Waals surface area contributed by atoms with E-state index in [4.69, 9.17) is 10.8 Å². The van der Waals surface area contributed by atoms with Gasteiger partial charge in [-0.15, -0.1) is 0 Å². The number of nitrogens with two attached hydrogens (primary N) is 1. The summed E-state index contributed by atoms with van der Waals surface area (Å²) >= 11 is 0. The molecule has 0 aliphatic heterocycles. The summed E-state index contributed by atoms with van der Waals surface area (Å²) in [4.78, 5) is 12.5. The van der Waals surface area contributed by atoms with E-state index in [0.717, 1.165) is 16.8 Å². The first-order chi connectivity index (χ1) is 7.41. The first-order valence-corrected chi connectivity index (χ1v) is 5.18. The molecule has 0 aromatic heterocycles. The van der Waals surface area contributed by atoms with Crippen LogP contribution in [0, 0.1) is 13.8 Å². The minimum absolute atomic E-state index is 0.305. The molecule has 1 rings (SSSR count). The lowest BCUT2D eigenvalue weighted by Crippen LogP contribution is -2.41. The van der Waals surface area contributed by atoms with Crippen molar-refractivity contribution in [2.24, 2.45) is 5.73 Å². The average molecular weight is 222 g/mol. The highest BCUT2D eigenvalue weighted by Gasteiger charge is 2.15. The fourth-order valence-corrected chi connectivity index (χ4v) is 1.60. The molecule has 88 valence electrons. The van der Waals surface area contributed by atoms with Crippen molar-refractivity contribution in [3.63, 3.8) is 0 Å². The summed E-state index contributed by atoms with van der Waals surface area (Å²) < 4.78 is 0. The molecule has 0 saturated carbocycles. The zero-order valence-electron chi connectivity index (χ0n) is 9.90. The third-order valence-electron chi connectivity index (χ3n) is 2.56. The lowest BCUT2D eigenvalue weighted by molar-refractivity contribution is -0.138. The van der Waals surface area contributed by atoms with Gasteiger partial charge in [-0.3, -0.25) is 4.79 Å². The number of likely N-dealkylation sites (N-methyl/N-ethyl adjacent to an activating group) is 1. The standard InChI is InChI=1S/C12H18N2O2/c1-8-4-5-9(2)11(6-8)14(3)7-10(13)12(15)16/h4-6,10H,7,13H2,1-3H3,(H,15,16). The van der Waals surface area contributed by atoms with Crippen molar-refractivity contribution >= 4 is 11.7 Å². The number of aliphatic carboxylic acids is 1. The molecule has 0 aliphatic carbocycles. The molecule has 16 heavy (non-hydrogen) atoms. The van der Waals surface area contributed by atoms with Crippen molar-refractivity contribution in [1.29, 1.82) is 0 Å². The topological polar surface area (TPSA) is 66.6 Å². The maximum Gasteiger partial charge on any atom is 0.322 e. The first-order valence-electron chi connectivity index (χ1n) is 5.18. The van der Waals surface area contributed by atoms with E-state index in [-0.39, 0.29) is 0 Å². The van der Waals surface area contributed by atoms with Crippen LogP contribution in [0.4, 0.5) is 5.69 Å². The number of carboxylic acids is 1. The Labute approximate surface area is 95.7 Å². The minimum atomic E-state index is -0.975. The molecular weight excluding hydrogens is 204 g/mol. The normalized spacial score (nSPS) is 12.2. The third-order valence-corrected chi connectivity index (χ3v) is 2.56. The number of nitrogens with zero attached hydrogens (tertiary/aromatic N) is 1. The van der Waals surface area contributed by atoms with Gasteiger partial charge in [0.05, 0.1) is 0 Å². The Morgan fingerprint density at radius 1 is 1.50 bits per heavy atom. The van der Waals surface area contributed by atoms with Gasteiger partial charge < -0.3 is 15.7 Å². The number of carbonyl (C=O) groups is 1. The summed E-state index contributed by atoms with van der Waals surface area (Å²) in [6, 6.07) is 5.23. The summed E-state index contributed by atoms with van der Waals surface area (Å²) in [5, 5.41) is 8.75. The van der Waals surface area contributed by atoms with Crippen molar-refractivity contribution in [1.82, 2.24) is 0 Å². The Balaban J connectivity index is 2.83. The fraction of sp³-hybridized carbons (Fsp3) is 0.417. The lowest BCUT2D eigenvalue weighted by atomic mass is 10.1. The van der Waals surface area contributed by atoms with Crippen molar-refractivity contribution in [2.75, 3.05) is 18.5 Å². The minimum Gasteiger partial charge on any atom is -0.480 e. The first kappa shape index (κ1) is 12.5. The lowest BCUT2D eigenvalue weighted by Gasteiger charge is -2.23. The average Bonchev–Trinajstić information content (AvgIpc) is 2.21. The second kappa shape index (κ2) is 4.99. The van der Waals surface area contributed by atoms with Crippen LogP contribution in [0.25, 0.3) is 0 Å². The van der Waals surface area contributed by atoms with Gasteiger partial charge in [0, 0.05) is 19.3 Å². The highest BCUT2D eigenvalue weighted by atomic mass is 16.4. The number of hydrogen-bond acceptors (Lipinski definition) is 3.